The molecule has 7 nitrogen and oxygen atoms in total. The largest absolute Gasteiger partial charge is 0.492 e. The van der Waals surface area contributed by atoms with Gasteiger partial charge < -0.3 is 24.1 Å². The van der Waals surface area contributed by atoms with Gasteiger partial charge in [0.1, 0.15) is 30.8 Å². The summed E-state index contributed by atoms with van der Waals surface area (Å²) >= 11 is 0. The van der Waals surface area contributed by atoms with Crippen molar-refractivity contribution in [3.63, 3.8) is 0 Å². The Balaban J connectivity index is 1.51. The second kappa shape index (κ2) is 13.9. The number of hydrogen-bond acceptors (Lipinski definition) is 7. The molecular weight excluding hydrogens is 453 g/mol. The Morgan fingerprint density at radius 3 is 2.26 bits per heavy atom. The fraction of sp³-hybridized carbons (Fsp3) is 0.296. The molecule has 0 fully saturated rings. The van der Waals surface area contributed by atoms with Crippen molar-refractivity contribution in [1.29, 1.82) is 0 Å². The van der Waals surface area contributed by atoms with Gasteiger partial charge in [0.2, 0.25) is 0 Å². The zero-order valence-corrected chi connectivity index (χ0v) is 19.6. The van der Waals surface area contributed by atoms with Gasteiger partial charge in [-0.3, -0.25) is 4.90 Å². The van der Waals surface area contributed by atoms with Crippen LogP contribution in [0, 0.1) is 5.82 Å². The molecule has 186 valence electrons. The third-order valence-electron chi connectivity index (χ3n) is 5.07. The summed E-state index contributed by atoms with van der Waals surface area (Å²) in [6.07, 6.45) is -0.815. The number of rotatable bonds is 14. The number of benzene rings is 3. The molecule has 0 aromatic heterocycles. The van der Waals surface area contributed by atoms with Crippen LogP contribution in [0.2, 0.25) is 0 Å². The van der Waals surface area contributed by atoms with Crippen LogP contribution in [-0.4, -0.2) is 62.1 Å². The van der Waals surface area contributed by atoms with E-state index in [-0.39, 0.29) is 19.0 Å². The van der Waals surface area contributed by atoms with Crippen LogP contribution in [0.4, 0.5) is 4.39 Å². The number of nitrogens with zero attached hydrogens (tertiary/aromatic N) is 1. The lowest BCUT2D eigenvalue weighted by Crippen LogP contribution is -2.37. The van der Waals surface area contributed by atoms with E-state index in [1.807, 2.05) is 30.3 Å². The molecular formula is C27H30FNO6. The molecule has 0 amide bonds. The molecule has 0 aliphatic heterocycles. The second-order valence-electron chi connectivity index (χ2n) is 7.80. The minimum absolute atomic E-state index is 0.0277. The summed E-state index contributed by atoms with van der Waals surface area (Å²) in [4.78, 5) is 13.2. The summed E-state index contributed by atoms with van der Waals surface area (Å²) in [6, 6.07) is 23.0. The fourth-order valence-electron chi connectivity index (χ4n) is 3.30. The highest BCUT2D eigenvalue weighted by molar-refractivity contribution is 5.70. The van der Waals surface area contributed by atoms with Gasteiger partial charge in [-0.2, -0.15) is 0 Å². The Kier molecular flexibility index (Phi) is 10.3. The van der Waals surface area contributed by atoms with Crippen molar-refractivity contribution >= 4 is 5.97 Å². The van der Waals surface area contributed by atoms with Crippen LogP contribution in [0.25, 0.3) is 0 Å². The molecule has 0 spiro atoms. The Labute approximate surface area is 204 Å². The van der Waals surface area contributed by atoms with E-state index in [4.69, 9.17) is 14.2 Å². The molecule has 0 saturated carbocycles. The van der Waals surface area contributed by atoms with Gasteiger partial charge in [0.25, 0.3) is 0 Å². The number of para-hydroxylation sites is 1. The zero-order valence-electron chi connectivity index (χ0n) is 19.6. The maximum Gasteiger partial charge on any atom is 0.343 e. The van der Waals surface area contributed by atoms with Crippen LogP contribution in [0.5, 0.6) is 17.2 Å². The molecule has 0 saturated heterocycles. The van der Waals surface area contributed by atoms with Crippen LogP contribution >= 0.6 is 0 Å². The minimum atomic E-state index is -0.815. The molecule has 1 unspecified atom stereocenters. The summed E-state index contributed by atoms with van der Waals surface area (Å²) < 4.78 is 35.0. The molecule has 8 heteroatoms. The van der Waals surface area contributed by atoms with Crippen LogP contribution in [-0.2, 0) is 16.1 Å². The first-order valence-corrected chi connectivity index (χ1v) is 11.3. The maximum absolute atomic E-state index is 13.8. The monoisotopic (exact) mass is 483 g/mol. The van der Waals surface area contributed by atoms with E-state index in [0.29, 0.717) is 37.7 Å². The number of carbonyl (C=O) groups is 1. The average molecular weight is 484 g/mol. The summed E-state index contributed by atoms with van der Waals surface area (Å²) in [5.41, 5.74) is 1.10. The van der Waals surface area contributed by atoms with E-state index in [1.165, 1.54) is 19.2 Å². The maximum atomic E-state index is 13.8. The second-order valence-corrected chi connectivity index (χ2v) is 7.80. The summed E-state index contributed by atoms with van der Waals surface area (Å²) in [6.45, 7) is 1.69. The fourth-order valence-corrected chi connectivity index (χ4v) is 3.30. The molecule has 0 heterocycles. The topological polar surface area (TPSA) is 77.5 Å². The zero-order chi connectivity index (χ0) is 24.9. The van der Waals surface area contributed by atoms with E-state index < -0.39 is 17.9 Å². The molecule has 3 aromatic rings. The number of esters is 1. The smallest absolute Gasteiger partial charge is 0.343 e. The van der Waals surface area contributed by atoms with Gasteiger partial charge in [0.15, 0.2) is 18.2 Å². The van der Waals surface area contributed by atoms with Crippen LogP contribution < -0.4 is 14.2 Å². The van der Waals surface area contributed by atoms with E-state index >= 15 is 0 Å². The lowest BCUT2D eigenvalue weighted by molar-refractivity contribution is -0.142. The van der Waals surface area contributed by atoms with E-state index in [9.17, 15) is 14.3 Å². The average Bonchev–Trinajstić information content (AvgIpc) is 2.88. The number of methoxy groups -OCH3 is 1. The Hall–Kier alpha value is -3.62. The van der Waals surface area contributed by atoms with Crippen molar-refractivity contribution in [1.82, 2.24) is 4.90 Å². The van der Waals surface area contributed by atoms with Crippen molar-refractivity contribution in [3.05, 3.63) is 90.2 Å². The van der Waals surface area contributed by atoms with E-state index in [0.717, 1.165) is 5.56 Å². The predicted octanol–water partition coefficient (Wildman–Crippen LogP) is 3.70. The Morgan fingerprint density at radius 2 is 1.57 bits per heavy atom. The standard InChI is InChI=1S/C27H30FNO6/c1-32-27(31)20-34-24-13-11-23(12-14-24)33-16-15-29(17-21-7-3-2-4-8-21)18-22(30)19-35-26-10-6-5-9-25(26)28/h2-14,22,30H,15-20H2,1H3. The van der Waals surface area contributed by atoms with Gasteiger partial charge in [0, 0.05) is 19.6 Å². The number of aliphatic hydroxyl groups is 1. The van der Waals surface area contributed by atoms with Crippen molar-refractivity contribution in [2.24, 2.45) is 0 Å². The van der Waals surface area contributed by atoms with Crippen molar-refractivity contribution < 1.29 is 33.2 Å². The summed E-state index contributed by atoms with van der Waals surface area (Å²) in [7, 11) is 1.30. The molecule has 0 aliphatic carbocycles. The lowest BCUT2D eigenvalue weighted by Gasteiger charge is -2.25. The molecule has 1 N–H and O–H groups in total. The number of hydrogen-bond donors (Lipinski definition) is 1. The highest BCUT2D eigenvalue weighted by Crippen LogP contribution is 2.18. The Bertz CT molecular complexity index is 1030. The summed E-state index contributed by atoms with van der Waals surface area (Å²) in [5.74, 6) is 0.384. The minimum Gasteiger partial charge on any atom is -0.492 e. The first-order chi connectivity index (χ1) is 17.0. The van der Waals surface area contributed by atoms with Gasteiger partial charge in [0.05, 0.1) is 7.11 Å². The molecule has 35 heavy (non-hydrogen) atoms. The number of ether oxygens (including phenoxy) is 4. The van der Waals surface area contributed by atoms with Gasteiger partial charge in [-0.05, 0) is 42.0 Å². The van der Waals surface area contributed by atoms with Gasteiger partial charge in [-0.15, -0.1) is 0 Å². The molecule has 0 bridgehead atoms. The number of aliphatic hydroxyl groups excluding tert-OH is 1. The van der Waals surface area contributed by atoms with E-state index in [2.05, 4.69) is 9.64 Å². The van der Waals surface area contributed by atoms with Gasteiger partial charge in [-0.1, -0.05) is 42.5 Å². The normalized spacial score (nSPS) is 11.7. The van der Waals surface area contributed by atoms with Crippen LogP contribution in [0.1, 0.15) is 5.56 Å². The lowest BCUT2D eigenvalue weighted by atomic mass is 10.2. The first kappa shape index (κ1) is 26.0. The number of halogens is 1. The molecule has 3 rings (SSSR count). The molecule has 0 aliphatic rings. The van der Waals surface area contributed by atoms with Crippen molar-refractivity contribution in [3.8, 4) is 17.2 Å². The quantitative estimate of drug-likeness (QED) is 0.351. The van der Waals surface area contributed by atoms with Gasteiger partial charge >= 0.3 is 5.97 Å². The SMILES string of the molecule is COC(=O)COc1ccc(OCCN(Cc2ccccc2)CC(O)COc2ccccc2F)cc1. The van der Waals surface area contributed by atoms with E-state index in [1.54, 1.807) is 36.4 Å². The number of carbonyl (C=O) groups excluding carboxylic acids is 1. The van der Waals surface area contributed by atoms with Crippen molar-refractivity contribution in [2.75, 3.05) is 40.0 Å². The Morgan fingerprint density at radius 1 is 0.914 bits per heavy atom. The molecule has 3 aromatic carbocycles. The predicted molar refractivity (Wildman–Crippen MR) is 129 cm³/mol. The highest BCUT2D eigenvalue weighted by Gasteiger charge is 2.15. The van der Waals surface area contributed by atoms with Crippen LogP contribution in [0.15, 0.2) is 78.9 Å². The highest BCUT2D eigenvalue weighted by atomic mass is 19.1. The van der Waals surface area contributed by atoms with Crippen LogP contribution in [0.3, 0.4) is 0 Å². The first-order valence-electron chi connectivity index (χ1n) is 11.3. The molecule has 0 radical (unpaired) electrons. The third-order valence-corrected chi connectivity index (χ3v) is 5.07. The van der Waals surface area contributed by atoms with Gasteiger partial charge in [-0.25, -0.2) is 9.18 Å². The molecule has 1 atom stereocenters. The third kappa shape index (κ3) is 9.27. The summed E-state index contributed by atoms with van der Waals surface area (Å²) in [5, 5.41) is 10.5. The van der Waals surface area contributed by atoms with Crippen molar-refractivity contribution in [2.45, 2.75) is 12.6 Å².